The van der Waals surface area contributed by atoms with Gasteiger partial charge in [-0.3, -0.25) is 9.59 Å². The number of hydrogen-bond acceptors (Lipinski definition) is 6. The van der Waals surface area contributed by atoms with Gasteiger partial charge in [-0.15, -0.1) is 0 Å². The Morgan fingerprint density at radius 2 is 1.62 bits per heavy atom. The van der Waals surface area contributed by atoms with Crippen LogP contribution in [-0.4, -0.2) is 37.4 Å². The van der Waals surface area contributed by atoms with E-state index in [9.17, 15) is 14.0 Å². The van der Waals surface area contributed by atoms with Gasteiger partial charge in [0, 0.05) is 24.0 Å². The average molecular weight is 486 g/mol. The summed E-state index contributed by atoms with van der Waals surface area (Å²) in [6.07, 6.45) is 0.821. The SMILES string of the molecule is CCCOc1ccc(C(=O)CCC(=O)c2ccc(OC)c(-c3ccc(F)c(Cl)c3)n2)cc1OC. The molecule has 0 saturated heterocycles. The first-order chi connectivity index (χ1) is 16.4. The molecule has 0 aliphatic carbocycles. The molecule has 2 aromatic carbocycles. The largest absolute Gasteiger partial charge is 0.494 e. The summed E-state index contributed by atoms with van der Waals surface area (Å²) in [6, 6.07) is 12.2. The van der Waals surface area contributed by atoms with Gasteiger partial charge in [0.25, 0.3) is 0 Å². The van der Waals surface area contributed by atoms with Crippen molar-refractivity contribution in [3.63, 3.8) is 0 Å². The van der Waals surface area contributed by atoms with Gasteiger partial charge in [-0.25, -0.2) is 9.37 Å². The van der Waals surface area contributed by atoms with Crippen molar-refractivity contribution in [3.05, 3.63) is 70.6 Å². The number of Topliss-reactive ketones (excluding diaryl/α,β-unsaturated/α-hetero) is 2. The summed E-state index contributed by atoms with van der Waals surface area (Å²) < 4.78 is 29.8. The zero-order valence-electron chi connectivity index (χ0n) is 19.2. The molecule has 0 bridgehead atoms. The smallest absolute Gasteiger partial charge is 0.181 e. The van der Waals surface area contributed by atoms with Crippen molar-refractivity contribution in [3.8, 4) is 28.5 Å². The van der Waals surface area contributed by atoms with E-state index in [1.165, 1.54) is 38.5 Å². The normalized spacial score (nSPS) is 10.6. The van der Waals surface area contributed by atoms with Crippen molar-refractivity contribution >= 4 is 23.2 Å². The molecule has 0 saturated carbocycles. The van der Waals surface area contributed by atoms with E-state index in [0.717, 1.165) is 6.42 Å². The van der Waals surface area contributed by atoms with E-state index < -0.39 is 5.82 Å². The fraction of sp³-hybridized carbons (Fsp3) is 0.269. The highest BCUT2D eigenvalue weighted by Gasteiger charge is 2.17. The highest BCUT2D eigenvalue weighted by Crippen LogP contribution is 2.32. The second kappa shape index (κ2) is 11.6. The Morgan fingerprint density at radius 1 is 0.912 bits per heavy atom. The molecule has 178 valence electrons. The number of ketones is 2. The van der Waals surface area contributed by atoms with Crippen molar-refractivity contribution in [1.29, 1.82) is 0 Å². The van der Waals surface area contributed by atoms with Gasteiger partial charge in [0.05, 0.1) is 25.8 Å². The maximum atomic E-state index is 13.6. The van der Waals surface area contributed by atoms with Gasteiger partial charge in [0.2, 0.25) is 0 Å². The van der Waals surface area contributed by atoms with Gasteiger partial charge in [0.1, 0.15) is 23.0 Å². The molecule has 8 heteroatoms. The second-order valence-corrected chi connectivity index (χ2v) is 7.84. The van der Waals surface area contributed by atoms with Gasteiger partial charge >= 0.3 is 0 Å². The summed E-state index contributed by atoms with van der Waals surface area (Å²) in [7, 11) is 2.98. The Morgan fingerprint density at radius 3 is 2.29 bits per heavy atom. The maximum absolute atomic E-state index is 13.6. The molecule has 0 spiro atoms. The summed E-state index contributed by atoms with van der Waals surface area (Å²) in [5, 5.41) is -0.0646. The first-order valence-corrected chi connectivity index (χ1v) is 11.1. The van der Waals surface area contributed by atoms with Crippen molar-refractivity contribution in [2.45, 2.75) is 26.2 Å². The fourth-order valence-electron chi connectivity index (χ4n) is 3.29. The Bertz CT molecular complexity index is 1200. The molecule has 0 fully saturated rings. The second-order valence-electron chi connectivity index (χ2n) is 7.44. The van der Waals surface area contributed by atoms with Crippen LogP contribution in [0.15, 0.2) is 48.5 Å². The van der Waals surface area contributed by atoms with E-state index in [1.807, 2.05) is 6.92 Å². The zero-order chi connectivity index (χ0) is 24.7. The maximum Gasteiger partial charge on any atom is 0.181 e. The zero-order valence-corrected chi connectivity index (χ0v) is 19.9. The molecule has 0 aliphatic rings. The topological polar surface area (TPSA) is 74.7 Å². The quantitative estimate of drug-likeness (QED) is 0.301. The van der Waals surface area contributed by atoms with Crippen molar-refractivity contribution < 1.29 is 28.2 Å². The number of carbonyl (C=O) groups excluding carboxylic acids is 2. The molecule has 6 nitrogen and oxygen atoms in total. The van der Waals surface area contributed by atoms with Crippen LogP contribution in [0.4, 0.5) is 4.39 Å². The molecule has 1 aromatic heterocycles. The monoisotopic (exact) mass is 485 g/mol. The Kier molecular flexibility index (Phi) is 8.60. The summed E-state index contributed by atoms with van der Waals surface area (Å²) >= 11 is 5.90. The number of carbonyl (C=O) groups is 2. The highest BCUT2D eigenvalue weighted by atomic mass is 35.5. The molecule has 0 N–H and O–H groups in total. The minimum absolute atomic E-state index is 0.00255. The molecule has 0 unspecified atom stereocenters. The van der Waals surface area contributed by atoms with Crippen molar-refractivity contribution in [1.82, 2.24) is 4.98 Å². The number of methoxy groups -OCH3 is 2. The first kappa shape index (κ1) is 25.2. The van der Waals surface area contributed by atoms with E-state index in [4.69, 9.17) is 25.8 Å². The molecule has 3 aromatic rings. The van der Waals surface area contributed by atoms with E-state index in [-0.39, 0.29) is 35.1 Å². The number of rotatable bonds is 11. The summed E-state index contributed by atoms with van der Waals surface area (Å²) in [6.45, 7) is 2.54. The lowest BCUT2D eigenvalue weighted by Gasteiger charge is -2.11. The Labute approximate surface area is 202 Å². The number of pyridine rings is 1. The first-order valence-electron chi connectivity index (χ1n) is 10.8. The number of ether oxygens (including phenoxy) is 3. The molecule has 0 aliphatic heterocycles. The van der Waals surface area contributed by atoms with E-state index >= 15 is 0 Å². The third kappa shape index (κ3) is 5.91. The molecule has 0 radical (unpaired) electrons. The molecule has 0 amide bonds. The Balaban J connectivity index is 1.74. The lowest BCUT2D eigenvalue weighted by molar-refractivity contribution is 0.0915. The number of halogens is 2. The molecular formula is C26H25ClFNO5. The van der Waals surface area contributed by atoms with Gasteiger partial charge in [-0.05, 0) is 55.0 Å². The third-order valence-electron chi connectivity index (χ3n) is 5.08. The van der Waals surface area contributed by atoms with Crippen LogP contribution in [0.1, 0.15) is 47.0 Å². The van der Waals surface area contributed by atoms with E-state index in [2.05, 4.69) is 4.98 Å². The lowest BCUT2D eigenvalue weighted by Crippen LogP contribution is -2.08. The van der Waals surface area contributed by atoms with Crippen LogP contribution < -0.4 is 14.2 Å². The van der Waals surface area contributed by atoms with Crippen LogP contribution >= 0.6 is 11.6 Å². The molecule has 34 heavy (non-hydrogen) atoms. The summed E-state index contributed by atoms with van der Waals surface area (Å²) in [5.41, 5.74) is 1.46. The van der Waals surface area contributed by atoms with Crippen LogP contribution in [0.2, 0.25) is 5.02 Å². The fourth-order valence-corrected chi connectivity index (χ4v) is 3.47. The number of aromatic nitrogens is 1. The lowest BCUT2D eigenvalue weighted by atomic mass is 10.0. The van der Waals surface area contributed by atoms with Gasteiger partial charge in [0.15, 0.2) is 23.1 Å². The summed E-state index contributed by atoms with van der Waals surface area (Å²) in [5.74, 6) is 0.371. The molecule has 3 rings (SSSR count). The molecule has 0 atom stereocenters. The van der Waals surface area contributed by atoms with Crippen LogP contribution in [0, 0.1) is 5.82 Å². The number of benzene rings is 2. The van der Waals surface area contributed by atoms with Gasteiger partial charge in [-0.1, -0.05) is 18.5 Å². The number of hydrogen-bond donors (Lipinski definition) is 0. The minimum atomic E-state index is -0.559. The van der Waals surface area contributed by atoms with Crippen molar-refractivity contribution in [2.75, 3.05) is 20.8 Å². The predicted molar refractivity (Wildman–Crippen MR) is 128 cm³/mol. The van der Waals surface area contributed by atoms with E-state index in [1.54, 1.807) is 24.3 Å². The van der Waals surface area contributed by atoms with Gasteiger partial charge in [-0.2, -0.15) is 0 Å². The van der Waals surface area contributed by atoms with E-state index in [0.29, 0.717) is 40.7 Å². The third-order valence-corrected chi connectivity index (χ3v) is 5.37. The minimum Gasteiger partial charge on any atom is -0.494 e. The number of nitrogens with zero attached hydrogens (tertiary/aromatic N) is 1. The van der Waals surface area contributed by atoms with Crippen LogP contribution in [0.5, 0.6) is 17.2 Å². The summed E-state index contributed by atoms with van der Waals surface area (Å²) in [4.78, 5) is 29.9. The predicted octanol–water partition coefficient (Wildman–Crippen LogP) is 6.19. The van der Waals surface area contributed by atoms with Gasteiger partial charge < -0.3 is 14.2 Å². The molecule has 1 heterocycles. The van der Waals surface area contributed by atoms with Crippen molar-refractivity contribution in [2.24, 2.45) is 0 Å². The highest BCUT2D eigenvalue weighted by molar-refractivity contribution is 6.31. The standard InChI is InChI=1S/C26H25ClFNO5/c1-4-13-34-23-11-6-16(15-25(23)33-3)21(30)9-10-22(31)20-8-12-24(32-2)26(29-20)17-5-7-19(28)18(27)14-17/h5-8,11-12,14-15H,4,9-10,13H2,1-3H3. The van der Waals surface area contributed by atoms with Crippen LogP contribution in [-0.2, 0) is 0 Å². The van der Waals surface area contributed by atoms with Crippen LogP contribution in [0.25, 0.3) is 11.3 Å². The average Bonchev–Trinajstić information content (AvgIpc) is 2.86. The van der Waals surface area contributed by atoms with Crippen LogP contribution in [0.3, 0.4) is 0 Å². The Hall–Kier alpha value is -3.45. The molecular weight excluding hydrogens is 461 g/mol.